The second-order valence-corrected chi connectivity index (χ2v) is 4.72. The lowest BCUT2D eigenvalue weighted by atomic mass is 10.1. The van der Waals surface area contributed by atoms with Crippen molar-refractivity contribution in [3.63, 3.8) is 0 Å². The van der Waals surface area contributed by atoms with E-state index in [4.69, 9.17) is 0 Å². The Labute approximate surface area is 95.3 Å². The van der Waals surface area contributed by atoms with Crippen LogP contribution in [0.25, 0.3) is 11.0 Å². The molecule has 3 rings (SSSR count). The molecule has 0 saturated carbocycles. The van der Waals surface area contributed by atoms with E-state index in [-0.39, 0.29) is 0 Å². The van der Waals surface area contributed by atoms with Crippen LogP contribution >= 0.6 is 0 Å². The number of fused-ring (bicyclic) bond motifs is 1. The molecule has 0 radical (unpaired) electrons. The van der Waals surface area contributed by atoms with E-state index >= 15 is 0 Å². The summed E-state index contributed by atoms with van der Waals surface area (Å²) in [6.07, 6.45) is 2.44. The highest BCUT2D eigenvalue weighted by atomic mass is 15.0. The fourth-order valence-electron chi connectivity index (χ4n) is 2.37. The van der Waals surface area contributed by atoms with Crippen LogP contribution in [0.5, 0.6) is 0 Å². The van der Waals surface area contributed by atoms with E-state index in [1.807, 2.05) is 0 Å². The highest BCUT2D eigenvalue weighted by molar-refractivity contribution is 5.77. The van der Waals surface area contributed by atoms with E-state index in [1.165, 1.54) is 24.0 Å². The van der Waals surface area contributed by atoms with Gasteiger partial charge in [0.05, 0.1) is 17.1 Å². The van der Waals surface area contributed by atoms with Crippen LogP contribution in [0.15, 0.2) is 12.1 Å². The number of aromatic amines is 1. The number of benzene rings is 1. The van der Waals surface area contributed by atoms with Crippen molar-refractivity contribution < 1.29 is 0 Å². The highest BCUT2D eigenvalue weighted by Gasteiger charge is 2.19. The predicted octanol–water partition coefficient (Wildman–Crippen LogP) is 2.60. The van der Waals surface area contributed by atoms with Crippen LogP contribution in [0.4, 0.5) is 0 Å². The molecule has 2 N–H and O–H groups in total. The number of H-pyrrole nitrogens is 1. The first-order chi connectivity index (χ1) is 7.74. The molecule has 1 aliphatic rings. The van der Waals surface area contributed by atoms with Crippen molar-refractivity contribution >= 4 is 11.0 Å². The molecule has 0 aliphatic carbocycles. The Hall–Kier alpha value is -1.35. The first kappa shape index (κ1) is 9.85. The minimum Gasteiger partial charge on any atom is -0.341 e. The minimum atomic E-state index is 0.424. The lowest BCUT2D eigenvalue weighted by molar-refractivity contribution is 0.614. The first-order valence-corrected chi connectivity index (χ1v) is 5.94. The van der Waals surface area contributed by atoms with Crippen LogP contribution < -0.4 is 5.32 Å². The van der Waals surface area contributed by atoms with Gasteiger partial charge in [0.1, 0.15) is 5.82 Å². The van der Waals surface area contributed by atoms with E-state index in [0.29, 0.717) is 6.04 Å². The lowest BCUT2D eigenvalue weighted by Crippen LogP contribution is -2.13. The molecule has 1 saturated heterocycles. The zero-order chi connectivity index (χ0) is 11.1. The van der Waals surface area contributed by atoms with E-state index in [9.17, 15) is 0 Å². The zero-order valence-corrected chi connectivity index (χ0v) is 9.80. The van der Waals surface area contributed by atoms with Crippen LogP contribution in [0.3, 0.4) is 0 Å². The molecule has 3 heteroatoms. The van der Waals surface area contributed by atoms with Crippen molar-refractivity contribution in [1.82, 2.24) is 15.3 Å². The molecule has 1 aliphatic heterocycles. The maximum absolute atomic E-state index is 4.68. The summed E-state index contributed by atoms with van der Waals surface area (Å²) in [5.41, 5.74) is 4.88. The number of nitrogens with one attached hydrogen (secondary N) is 2. The van der Waals surface area contributed by atoms with Gasteiger partial charge in [0.2, 0.25) is 0 Å². The Morgan fingerprint density at radius 3 is 2.81 bits per heavy atom. The topological polar surface area (TPSA) is 40.7 Å². The van der Waals surface area contributed by atoms with Gasteiger partial charge in [-0.2, -0.15) is 0 Å². The van der Waals surface area contributed by atoms with Crippen LogP contribution in [0.2, 0.25) is 0 Å². The van der Waals surface area contributed by atoms with Gasteiger partial charge in [-0.3, -0.25) is 0 Å². The summed E-state index contributed by atoms with van der Waals surface area (Å²) in [5, 5.41) is 3.47. The second-order valence-electron chi connectivity index (χ2n) is 4.72. The highest BCUT2D eigenvalue weighted by Crippen LogP contribution is 2.24. The molecular weight excluding hydrogens is 198 g/mol. The maximum atomic E-state index is 4.68. The number of nitrogens with zero attached hydrogens (tertiary/aromatic N) is 1. The Morgan fingerprint density at radius 1 is 1.25 bits per heavy atom. The monoisotopic (exact) mass is 215 g/mol. The minimum absolute atomic E-state index is 0.424. The molecule has 1 fully saturated rings. The molecular formula is C13H17N3. The average Bonchev–Trinajstić information content (AvgIpc) is 2.86. The van der Waals surface area contributed by atoms with Gasteiger partial charge < -0.3 is 10.3 Å². The van der Waals surface area contributed by atoms with Crippen molar-refractivity contribution in [1.29, 1.82) is 0 Å². The van der Waals surface area contributed by atoms with E-state index < -0.39 is 0 Å². The molecule has 1 unspecified atom stereocenters. The van der Waals surface area contributed by atoms with Crippen molar-refractivity contribution in [2.75, 3.05) is 6.54 Å². The summed E-state index contributed by atoms with van der Waals surface area (Å²) >= 11 is 0. The number of aryl methyl sites for hydroxylation is 2. The number of rotatable bonds is 1. The van der Waals surface area contributed by atoms with E-state index in [0.717, 1.165) is 23.4 Å². The number of imidazole rings is 1. The normalized spacial score (nSPS) is 20.8. The summed E-state index contributed by atoms with van der Waals surface area (Å²) in [4.78, 5) is 8.11. The number of hydrogen-bond donors (Lipinski definition) is 2. The quantitative estimate of drug-likeness (QED) is 0.767. The summed E-state index contributed by atoms with van der Waals surface area (Å²) in [7, 11) is 0. The molecule has 2 heterocycles. The fraction of sp³-hybridized carbons (Fsp3) is 0.462. The fourth-order valence-corrected chi connectivity index (χ4v) is 2.37. The van der Waals surface area contributed by atoms with Gasteiger partial charge in [-0.25, -0.2) is 4.98 Å². The third-order valence-corrected chi connectivity index (χ3v) is 3.51. The molecule has 0 spiro atoms. The molecule has 1 atom stereocenters. The summed E-state index contributed by atoms with van der Waals surface area (Å²) < 4.78 is 0. The van der Waals surface area contributed by atoms with Gasteiger partial charge in [-0.05, 0) is 56.5 Å². The number of aromatic nitrogens is 2. The summed E-state index contributed by atoms with van der Waals surface area (Å²) in [6.45, 7) is 5.39. The Balaban J connectivity index is 2.08. The van der Waals surface area contributed by atoms with Crippen LogP contribution in [-0.2, 0) is 0 Å². The van der Waals surface area contributed by atoms with Crippen molar-refractivity contribution in [3.8, 4) is 0 Å². The predicted molar refractivity (Wildman–Crippen MR) is 65.5 cm³/mol. The van der Waals surface area contributed by atoms with Crippen molar-refractivity contribution in [3.05, 3.63) is 29.1 Å². The van der Waals surface area contributed by atoms with E-state index in [2.05, 4.69) is 41.3 Å². The Kier molecular flexibility index (Phi) is 2.21. The van der Waals surface area contributed by atoms with Crippen LogP contribution in [-0.4, -0.2) is 16.5 Å². The van der Waals surface area contributed by atoms with Crippen LogP contribution in [0, 0.1) is 13.8 Å². The number of hydrogen-bond acceptors (Lipinski definition) is 2. The van der Waals surface area contributed by atoms with Crippen molar-refractivity contribution in [2.24, 2.45) is 0 Å². The van der Waals surface area contributed by atoms with Gasteiger partial charge in [0.15, 0.2) is 0 Å². The standard InChI is InChI=1S/C13H17N3/c1-8-6-11-12(7-9(8)2)16-13(15-11)10-4-3-5-14-10/h6-7,10,14H,3-5H2,1-2H3,(H,15,16). The molecule has 16 heavy (non-hydrogen) atoms. The molecule has 2 aromatic rings. The maximum Gasteiger partial charge on any atom is 0.124 e. The smallest absolute Gasteiger partial charge is 0.124 e. The third-order valence-electron chi connectivity index (χ3n) is 3.51. The van der Waals surface area contributed by atoms with Gasteiger partial charge in [0.25, 0.3) is 0 Å². The first-order valence-electron chi connectivity index (χ1n) is 5.94. The van der Waals surface area contributed by atoms with Crippen molar-refractivity contribution in [2.45, 2.75) is 32.7 Å². The molecule has 1 aromatic heterocycles. The Bertz CT molecular complexity index is 482. The molecule has 0 bridgehead atoms. The Morgan fingerprint density at radius 2 is 2.06 bits per heavy atom. The molecule has 84 valence electrons. The SMILES string of the molecule is Cc1cc2nc(C3CCCN3)[nH]c2cc1C. The largest absolute Gasteiger partial charge is 0.341 e. The summed E-state index contributed by atoms with van der Waals surface area (Å²) in [5.74, 6) is 1.09. The van der Waals surface area contributed by atoms with Gasteiger partial charge in [-0.15, -0.1) is 0 Å². The zero-order valence-electron chi connectivity index (χ0n) is 9.80. The van der Waals surface area contributed by atoms with Gasteiger partial charge >= 0.3 is 0 Å². The summed E-state index contributed by atoms with van der Waals surface area (Å²) in [6, 6.07) is 4.78. The third kappa shape index (κ3) is 1.52. The molecule has 1 aromatic carbocycles. The van der Waals surface area contributed by atoms with Gasteiger partial charge in [0, 0.05) is 0 Å². The molecule has 0 amide bonds. The van der Waals surface area contributed by atoms with Gasteiger partial charge in [-0.1, -0.05) is 0 Å². The lowest BCUT2D eigenvalue weighted by Gasteiger charge is -2.04. The van der Waals surface area contributed by atoms with E-state index in [1.54, 1.807) is 0 Å². The second kappa shape index (κ2) is 3.59. The van der Waals surface area contributed by atoms with Crippen LogP contribution in [0.1, 0.15) is 35.8 Å². The molecule has 3 nitrogen and oxygen atoms in total. The average molecular weight is 215 g/mol.